The van der Waals surface area contributed by atoms with Crippen LogP contribution in [0.1, 0.15) is 39.6 Å². The first-order valence-electron chi connectivity index (χ1n) is 10.2. The normalized spacial score (nSPS) is 10.9. The number of benzene rings is 3. The third-order valence-electron chi connectivity index (χ3n) is 4.69. The van der Waals surface area contributed by atoms with Crippen molar-refractivity contribution in [3.05, 3.63) is 89.5 Å². The molecule has 0 radical (unpaired) electrons. The molecule has 7 nitrogen and oxygen atoms in total. The van der Waals surface area contributed by atoms with Gasteiger partial charge in [-0.15, -0.1) is 0 Å². The largest absolute Gasteiger partial charge is 0.352 e. The second-order valence-corrected chi connectivity index (χ2v) is 8.93. The first-order chi connectivity index (χ1) is 15.3. The summed E-state index contributed by atoms with van der Waals surface area (Å²) in [6.07, 6.45) is 0.806. The highest BCUT2D eigenvalue weighted by molar-refractivity contribution is 7.92. The van der Waals surface area contributed by atoms with Gasteiger partial charge in [0.15, 0.2) is 0 Å². The third-order valence-corrected chi connectivity index (χ3v) is 6.08. The summed E-state index contributed by atoms with van der Waals surface area (Å²) in [4.78, 5) is 25.2. The summed E-state index contributed by atoms with van der Waals surface area (Å²) in [6.45, 7) is 4.38. The van der Waals surface area contributed by atoms with Crippen LogP contribution < -0.4 is 15.4 Å². The monoisotopic (exact) mass is 451 g/mol. The summed E-state index contributed by atoms with van der Waals surface area (Å²) in [7, 11) is -3.73. The SMILES string of the molecule is CCCNC(=O)c1ccccc1NC(=O)c1ccc(NS(=O)(=O)c2ccc(C)cc2)cc1. The molecule has 3 rings (SSSR count). The van der Waals surface area contributed by atoms with Crippen LogP contribution >= 0.6 is 0 Å². The van der Waals surface area contributed by atoms with Crippen LogP contribution in [0.3, 0.4) is 0 Å². The van der Waals surface area contributed by atoms with E-state index in [4.69, 9.17) is 0 Å². The molecule has 3 N–H and O–H groups in total. The molecular formula is C24H25N3O4S. The molecule has 0 atom stereocenters. The van der Waals surface area contributed by atoms with Crippen molar-refractivity contribution in [2.24, 2.45) is 0 Å². The Bertz CT molecular complexity index is 1200. The fourth-order valence-corrected chi connectivity index (χ4v) is 4.00. The second-order valence-electron chi connectivity index (χ2n) is 7.25. The van der Waals surface area contributed by atoms with Gasteiger partial charge in [0.1, 0.15) is 0 Å². The molecule has 3 aromatic rings. The fourth-order valence-electron chi connectivity index (χ4n) is 2.94. The number of para-hydroxylation sites is 1. The number of sulfonamides is 1. The number of carbonyl (C=O) groups excluding carboxylic acids is 2. The summed E-state index contributed by atoms with van der Waals surface area (Å²) in [5, 5.41) is 5.54. The lowest BCUT2D eigenvalue weighted by molar-refractivity contribution is 0.0954. The maximum Gasteiger partial charge on any atom is 0.261 e. The predicted molar refractivity (Wildman–Crippen MR) is 125 cm³/mol. The zero-order chi connectivity index (χ0) is 23.1. The van der Waals surface area contributed by atoms with Crippen molar-refractivity contribution in [3.63, 3.8) is 0 Å². The molecule has 0 saturated heterocycles. The Morgan fingerprint density at radius 1 is 0.844 bits per heavy atom. The number of nitrogens with one attached hydrogen (secondary N) is 3. The van der Waals surface area contributed by atoms with Gasteiger partial charge in [-0.1, -0.05) is 36.8 Å². The first kappa shape index (κ1) is 23.0. The minimum absolute atomic E-state index is 0.155. The number of rotatable bonds is 8. The molecule has 32 heavy (non-hydrogen) atoms. The fraction of sp³-hybridized carbons (Fsp3) is 0.167. The van der Waals surface area contributed by atoms with E-state index in [0.29, 0.717) is 29.0 Å². The average molecular weight is 452 g/mol. The van der Waals surface area contributed by atoms with E-state index in [2.05, 4.69) is 15.4 Å². The summed E-state index contributed by atoms with van der Waals surface area (Å²) in [5.74, 6) is -0.669. The Labute approximate surface area is 187 Å². The van der Waals surface area contributed by atoms with E-state index in [1.807, 2.05) is 13.8 Å². The number of amides is 2. The van der Waals surface area contributed by atoms with Gasteiger partial charge in [-0.3, -0.25) is 14.3 Å². The molecule has 0 aromatic heterocycles. The predicted octanol–water partition coefficient (Wildman–Crippen LogP) is 4.19. The van der Waals surface area contributed by atoms with Gasteiger partial charge in [0, 0.05) is 17.8 Å². The molecule has 2 amide bonds. The summed E-state index contributed by atoms with van der Waals surface area (Å²) >= 11 is 0. The summed E-state index contributed by atoms with van der Waals surface area (Å²) in [5.41, 5.74) is 2.39. The Morgan fingerprint density at radius 2 is 1.50 bits per heavy atom. The van der Waals surface area contributed by atoms with E-state index < -0.39 is 15.9 Å². The Morgan fingerprint density at radius 3 is 2.16 bits per heavy atom. The second kappa shape index (κ2) is 10.1. The lowest BCUT2D eigenvalue weighted by Crippen LogP contribution is -2.25. The van der Waals surface area contributed by atoms with Gasteiger partial charge in [-0.2, -0.15) is 0 Å². The smallest absolute Gasteiger partial charge is 0.261 e. The van der Waals surface area contributed by atoms with Gasteiger partial charge in [-0.25, -0.2) is 8.42 Å². The van der Waals surface area contributed by atoms with Gasteiger partial charge >= 0.3 is 0 Å². The minimum atomic E-state index is -3.73. The first-order valence-corrected chi connectivity index (χ1v) is 11.7. The molecule has 0 heterocycles. The molecule has 0 aliphatic rings. The Hall–Kier alpha value is -3.65. The molecule has 166 valence electrons. The Kier molecular flexibility index (Phi) is 7.27. The zero-order valence-electron chi connectivity index (χ0n) is 17.9. The van der Waals surface area contributed by atoms with E-state index in [-0.39, 0.29) is 10.8 Å². The van der Waals surface area contributed by atoms with E-state index >= 15 is 0 Å². The standard InChI is InChI=1S/C24H25N3O4S/c1-3-16-25-24(29)21-6-4-5-7-22(21)26-23(28)18-10-12-19(13-11-18)27-32(30,31)20-14-8-17(2)9-15-20/h4-15,27H,3,16H2,1-2H3,(H,25,29)(H,26,28). The van der Waals surface area contributed by atoms with Crippen LogP contribution in [0, 0.1) is 6.92 Å². The number of hydrogen-bond acceptors (Lipinski definition) is 4. The molecule has 8 heteroatoms. The van der Waals surface area contributed by atoms with Crippen molar-refractivity contribution in [2.75, 3.05) is 16.6 Å². The molecule has 0 aliphatic heterocycles. The lowest BCUT2D eigenvalue weighted by atomic mass is 10.1. The van der Waals surface area contributed by atoms with Gasteiger partial charge < -0.3 is 10.6 Å². The highest BCUT2D eigenvalue weighted by atomic mass is 32.2. The molecule has 3 aromatic carbocycles. The van der Waals surface area contributed by atoms with Crippen molar-refractivity contribution < 1.29 is 18.0 Å². The topological polar surface area (TPSA) is 104 Å². The van der Waals surface area contributed by atoms with E-state index in [1.54, 1.807) is 36.4 Å². The van der Waals surface area contributed by atoms with Gasteiger partial charge in [0.25, 0.3) is 21.8 Å². The summed E-state index contributed by atoms with van der Waals surface area (Å²) in [6, 6.07) is 19.3. The maximum absolute atomic E-state index is 12.7. The number of anilines is 2. The highest BCUT2D eigenvalue weighted by Crippen LogP contribution is 2.19. The number of aryl methyl sites for hydroxylation is 1. The van der Waals surface area contributed by atoms with Crippen LogP contribution in [0.4, 0.5) is 11.4 Å². The number of hydrogen-bond donors (Lipinski definition) is 3. The Balaban J connectivity index is 1.71. The molecule has 0 saturated carbocycles. The van der Waals surface area contributed by atoms with Crippen LogP contribution in [0.25, 0.3) is 0 Å². The third kappa shape index (κ3) is 5.73. The van der Waals surface area contributed by atoms with Gasteiger partial charge in [0.05, 0.1) is 16.1 Å². The molecule has 0 spiro atoms. The van der Waals surface area contributed by atoms with Crippen LogP contribution in [-0.2, 0) is 10.0 Å². The van der Waals surface area contributed by atoms with Crippen molar-refractivity contribution >= 4 is 33.2 Å². The molecule has 0 fully saturated rings. The quantitative estimate of drug-likeness (QED) is 0.478. The van der Waals surface area contributed by atoms with E-state index in [0.717, 1.165) is 12.0 Å². The molecule has 0 bridgehead atoms. The van der Waals surface area contributed by atoms with Crippen LogP contribution in [0.5, 0.6) is 0 Å². The van der Waals surface area contributed by atoms with Gasteiger partial charge in [0.2, 0.25) is 0 Å². The highest BCUT2D eigenvalue weighted by Gasteiger charge is 2.16. The van der Waals surface area contributed by atoms with Crippen LogP contribution in [-0.4, -0.2) is 26.8 Å². The number of carbonyl (C=O) groups is 2. The van der Waals surface area contributed by atoms with E-state index in [1.165, 1.54) is 36.4 Å². The zero-order valence-corrected chi connectivity index (χ0v) is 18.7. The van der Waals surface area contributed by atoms with Gasteiger partial charge in [-0.05, 0) is 61.9 Å². The summed E-state index contributed by atoms with van der Waals surface area (Å²) < 4.78 is 27.5. The minimum Gasteiger partial charge on any atom is -0.352 e. The van der Waals surface area contributed by atoms with Crippen molar-refractivity contribution in [1.29, 1.82) is 0 Å². The maximum atomic E-state index is 12.7. The molecule has 0 aliphatic carbocycles. The molecular weight excluding hydrogens is 426 g/mol. The van der Waals surface area contributed by atoms with Crippen molar-refractivity contribution in [1.82, 2.24) is 5.32 Å². The van der Waals surface area contributed by atoms with Crippen LogP contribution in [0.15, 0.2) is 77.7 Å². The van der Waals surface area contributed by atoms with Crippen LogP contribution in [0.2, 0.25) is 0 Å². The van der Waals surface area contributed by atoms with Crippen molar-refractivity contribution in [3.8, 4) is 0 Å². The van der Waals surface area contributed by atoms with Crippen molar-refractivity contribution in [2.45, 2.75) is 25.2 Å². The lowest BCUT2D eigenvalue weighted by Gasteiger charge is -2.12. The molecule has 0 unspecified atom stereocenters. The average Bonchev–Trinajstić information content (AvgIpc) is 2.78. The van der Waals surface area contributed by atoms with E-state index in [9.17, 15) is 18.0 Å².